The van der Waals surface area contributed by atoms with Gasteiger partial charge in [-0.3, -0.25) is 0 Å². The van der Waals surface area contributed by atoms with Gasteiger partial charge < -0.3 is 10.0 Å². The van der Waals surface area contributed by atoms with Crippen molar-refractivity contribution < 1.29 is 5.11 Å². The molecule has 0 amide bonds. The molecule has 0 heterocycles. The van der Waals surface area contributed by atoms with Crippen molar-refractivity contribution in [2.24, 2.45) is 0 Å². The number of aliphatic hydroxyl groups excluding tert-OH is 1. The zero-order valence-corrected chi connectivity index (χ0v) is 9.11. The van der Waals surface area contributed by atoms with Crippen LogP contribution in [0, 0.1) is 11.8 Å². The molecule has 2 nitrogen and oxygen atoms in total. The predicted octanol–water partition coefficient (Wildman–Crippen LogP) is 1.90. The van der Waals surface area contributed by atoms with E-state index in [1.165, 1.54) is 0 Å². The molecule has 1 aromatic carbocycles. The number of aliphatic hydroxyl groups is 1. The summed E-state index contributed by atoms with van der Waals surface area (Å²) >= 11 is 0. The molecule has 0 aliphatic heterocycles. The van der Waals surface area contributed by atoms with Crippen LogP contribution in [0.1, 0.15) is 13.3 Å². The van der Waals surface area contributed by atoms with Crippen molar-refractivity contribution in [3.05, 3.63) is 30.3 Å². The SMILES string of the molecule is CC#CCN(CCCO)c1ccccc1. The second-order valence-corrected chi connectivity index (χ2v) is 3.26. The molecule has 0 unspecified atom stereocenters. The van der Waals surface area contributed by atoms with E-state index < -0.39 is 0 Å². The summed E-state index contributed by atoms with van der Waals surface area (Å²) in [5.41, 5.74) is 1.16. The molecule has 0 fully saturated rings. The molecule has 0 saturated heterocycles. The van der Waals surface area contributed by atoms with Gasteiger partial charge in [-0.2, -0.15) is 0 Å². The minimum atomic E-state index is 0.225. The normalized spacial score (nSPS) is 9.20. The van der Waals surface area contributed by atoms with E-state index in [9.17, 15) is 0 Å². The number of benzene rings is 1. The predicted molar refractivity (Wildman–Crippen MR) is 63.8 cm³/mol. The van der Waals surface area contributed by atoms with E-state index in [2.05, 4.69) is 28.9 Å². The summed E-state index contributed by atoms with van der Waals surface area (Å²) in [5.74, 6) is 5.94. The van der Waals surface area contributed by atoms with Gasteiger partial charge in [0.05, 0.1) is 6.54 Å². The Morgan fingerprint density at radius 2 is 2.00 bits per heavy atom. The first-order valence-electron chi connectivity index (χ1n) is 5.19. The highest BCUT2D eigenvalue weighted by molar-refractivity contribution is 5.47. The molecule has 0 aromatic heterocycles. The van der Waals surface area contributed by atoms with E-state index in [4.69, 9.17) is 5.11 Å². The van der Waals surface area contributed by atoms with Gasteiger partial charge in [0.25, 0.3) is 0 Å². The highest BCUT2D eigenvalue weighted by atomic mass is 16.3. The van der Waals surface area contributed by atoms with Crippen molar-refractivity contribution in [2.75, 3.05) is 24.6 Å². The molecular weight excluding hydrogens is 186 g/mol. The summed E-state index contributed by atoms with van der Waals surface area (Å²) in [4.78, 5) is 2.17. The van der Waals surface area contributed by atoms with Crippen molar-refractivity contribution >= 4 is 5.69 Å². The van der Waals surface area contributed by atoms with E-state index in [0.717, 1.165) is 25.2 Å². The second-order valence-electron chi connectivity index (χ2n) is 3.26. The first-order valence-corrected chi connectivity index (χ1v) is 5.19. The van der Waals surface area contributed by atoms with Crippen molar-refractivity contribution in [3.8, 4) is 11.8 Å². The average molecular weight is 203 g/mol. The summed E-state index contributed by atoms with van der Waals surface area (Å²) in [6.07, 6.45) is 0.778. The molecule has 0 bridgehead atoms. The summed E-state index contributed by atoms with van der Waals surface area (Å²) in [7, 11) is 0. The number of hydrogen-bond acceptors (Lipinski definition) is 2. The molecule has 1 aromatic rings. The second kappa shape index (κ2) is 6.92. The van der Waals surface area contributed by atoms with Gasteiger partial charge in [0.2, 0.25) is 0 Å². The van der Waals surface area contributed by atoms with Crippen molar-refractivity contribution in [1.29, 1.82) is 0 Å². The topological polar surface area (TPSA) is 23.5 Å². The van der Waals surface area contributed by atoms with Crippen LogP contribution in [-0.4, -0.2) is 24.8 Å². The van der Waals surface area contributed by atoms with Gasteiger partial charge in [0.15, 0.2) is 0 Å². The fraction of sp³-hybridized carbons (Fsp3) is 0.385. The van der Waals surface area contributed by atoms with Crippen molar-refractivity contribution in [2.45, 2.75) is 13.3 Å². The van der Waals surface area contributed by atoms with Crippen LogP contribution in [0.4, 0.5) is 5.69 Å². The van der Waals surface area contributed by atoms with Crippen LogP contribution in [-0.2, 0) is 0 Å². The number of para-hydroxylation sites is 1. The van der Waals surface area contributed by atoms with Crippen LogP contribution in [0.15, 0.2) is 30.3 Å². The molecule has 15 heavy (non-hydrogen) atoms. The largest absolute Gasteiger partial charge is 0.396 e. The van der Waals surface area contributed by atoms with E-state index in [0.29, 0.717) is 0 Å². The third kappa shape index (κ3) is 4.05. The van der Waals surface area contributed by atoms with Crippen molar-refractivity contribution in [1.82, 2.24) is 0 Å². The Morgan fingerprint density at radius 3 is 2.60 bits per heavy atom. The van der Waals surface area contributed by atoms with E-state index >= 15 is 0 Å². The Balaban J connectivity index is 2.65. The van der Waals surface area contributed by atoms with Crippen LogP contribution in [0.3, 0.4) is 0 Å². The lowest BCUT2D eigenvalue weighted by atomic mass is 10.2. The minimum Gasteiger partial charge on any atom is -0.396 e. The number of nitrogens with zero attached hydrogens (tertiary/aromatic N) is 1. The van der Waals surface area contributed by atoms with Gasteiger partial charge in [0, 0.05) is 18.8 Å². The maximum absolute atomic E-state index is 8.82. The molecule has 2 heteroatoms. The molecule has 0 spiro atoms. The first kappa shape index (κ1) is 11.6. The summed E-state index contributed by atoms with van der Waals surface area (Å²) in [6.45, 7) is 3.63. The number of rotatable bonds is 5. The molecule has 0 aliphatic carbocycles. The van der Waals surface area contributed by atoms with Gasteiger partial charge >= 0.3 is 0 Å². The Morgan fingerprint density at radius 1 is 1.27 bits per heavy atom. The molecule has 0 atom stereocenters. The summed E-state index contributed by atoms with van der Waals surface area (Å²) in [5, 5.41) is 8.82. The smallest absolute Gasteiger partial charge is 0.0794 e. The fourth-order valence-electron chi connectivity index (χ4n) is 1.37. The lowest BCUT2D eigenvalue weighted by Crippen LogP contribution is -2.25. The van der Waals surface area contributed by atoms with Crippen molar-refractivity contribution in [3.63, 3.8) is 0 Å². The molecular formula is C13H17NO. The third-order valence-corrected chi connectivity index (χ3v) is 2.15. The van der Waals surface area contributed by atoms with Gasteiger partial charge in [-0.25, -0.2) is 0 Å². The van der Waals surface area contributed by atoms with Crippen LogP contribution in [0.25, 0.3) is 0 Å². The minimum absolute atomic E-state index is 0.225. The van der Waals surface area contributed by atoms with E-state index in [1.807, 2.05) is 25.1 Å². The van der Waals surface area contributed by atoms with Crippen LogP contribution < -0.4 is 4.90 Å². The fourth-order valence-corrected chi connectivity index (χ4v) is 1.37. The molecule has 0 aliphatic rings. The monoisotopic (exact) mass is 203 g/mol. The molecule has 1 rings (SSSR count). The van der Waals surface area contributed by atoms with Crippen LogP contribution in [0.5, 0.6) is 0 Å². The number of anilines is 1. The first-order chi connectivity index (χ1) is 7.38. The van der Waals surface area contributed by atoms with E-state index in [-0.39, 0.29) is 6.61 Å². The number of hydrogen-bond donors (Lipinski definition) is 1. The third-order valence-electron chi connectivity index (χ3n) is 2.15. The van der Waals surface area contributed by atoms with Gasteiger partial charge in [0.1, 0.15) is 0 Å². The summed E-state index contributed by atoms with van der Waals surface area (Å²) < 4.78 is 0. The lowest BCUT2D eigenvalue weighted by Gasteiger charge is -2.21. The Bertz CT molecular complexity index is 323. The molecule has 80 valence electrons. The Labute approximate surface area is 91.5 Å². The zero-order valence-electron chi connectivity index (χ0n) is 9.11. The zero-order chi connectivity index (χ0) is 10.9. The maximum atomic E-state index is 8.82. The maximum Gasteiger partial charge on any atom is 0.0794 e. The lowest BCUT2D eigenvalue weighted by molar-refractivity contribution is 0.290. The molecule has 0 radical (unpaired) electrons. The standard InChI is InChI=1S/C13H17NO/c1-2-3-10-14(11-7-12-15)13-8-5-4-6-9-13/h4-6,8-9,15H,7,10-12H2,1H3. The highest BCUT2D eigenvalue weighted by Gasteiger charge is 2.02. The quantitative estimate of drug-likeness (QED) is 0.739. The Hall–Kier alpha value is -1.46. The van der Waals surface area contributed by atoms with Gasteiger partial charge in [-0.1, -0.05) is 24.1 Å². The molecule has 0 saturated carbocycles. The van der Waals surface area contributed by atoms with Gasteiger partial charge in [-0.05, 0) is 25.5 Å². The molecule has 1 N–H and O–H groups in total. The van der Waals surface area contributed by atoms with Crippen LogP contribution in [0.2, 0.25) is 0 Å². The Kier molecular flexibility index (Phi) is 5.35. The van der Waals surface area contributed by atoms with E-state index in [1.54, 1.807) is 0 Å². The van der Waals surface area contributed by atoms with Crippen LogP contribution >= 0.6 is 0 Å². The summed E-state index contributed by atoms with van der Waals surface area (Å²) in [6, 6.07) is 10.2. The van der Waals surface area contributed by atoms with Gasteiger partial charge in [-0.15, -0.1) is 5.92 Å². The average Bonchev–Trinajstić information content (AvgIpc) is 2.30. The highest BCUT2D eigenvalue weighted by Crippen LogP contribution is 2.12.